The minimum atomic E-state index is 0.168. The molecule has 0 aromatic rings. The molecular weight excluding hydrogens is 218 g/mol. The van der Waals surface area contributed by atoms with Gasteiger partial charge < -0.3 is 5.32 Å². The highest BCUT2D eigenvalue weighted by molar-refractivity contribution is 9.09. The predicted octanol–water partition coefficient (Wildman–Crippen LogP) is 2.08. The molecule has 1 aliphatic carbocycles. The van der Waals surface area contributed by atoms with Crippen LogP contribution in [0.5, 0.6) is 0 Å². The molecule has 1 rings (SSSR count). The number of alkyl halides is 1. The number of rotatable bonds is 3. The van der Waals surface area contributed by atoms with Crippen LogP contribution in [0.2, 0.25) is 0 Å². The van der Waals surface area contributed by atoms with Crippen molar-refractivity contribution < 1.29 is 4.79 Å². The van der Waals surface area contributed by atoms with E-state index < -0.39 is 0 Å². The third kappa shape index (κ3) is 2.77. The van der Waals surface area contributed by atoms with E-state index in [1.807, 2.05) is 6.92 Å². The van der Waals surface area contributed by atoms with E-state index in [4.69, 9.17) is 0 Å². The van der Waals surface area contributed by atoms with Crippen LogP contribution in [0.1, 0.15) is 32.6 Å². The van der Waals surface area contributed by atoms with E-state index >= 15 is 0 Å². The maximum atomic E-state index is 10.9. The zero-order valence-corrected chi connectivity index (χ0v) is 9.06. The van der Waals surface area contributed by atoms with Crippen LogP contribution in [-0.4, -0.2) is 17.3 Å². The van der Waals surface area contributed by atoms with Crippen molar-refractivity contribution in [2.75, 3.05) is 6.54 Å². The van der Waals surface area contributed by atoms with E-state index in [9.17, 15) is 4.79 Å². The van der Waals surface area contributed by atoms with Crippen LogP contribution in [-0.2, 0) is 4.79 Å². The first-order valence-electron chi connectivity index (χ1n) is 4.64. The minimum absolute atomic E-state index is 0.168. The first kappa shape index (κ1) is 10.0. The highest BCUT2D eigenvalue weighted by Crippen LogP contribution is 2.30. The lowest BCUT2D eigenvalue weighted by atomic mass is 10.1. The van der Waals surface area contributed by atoms with Gasteiger partial charge in [0.15, 0.2) is 0 Å². The number of hydrogen-bond donors (Lipinski definition) is 1. The Morgan fingerprint density at radius 3 is 2.83 bits per heavy atom. The average Bonchev–Trinajstić information content (AvgIpc) is 2.47. The second kappa shape index (κ2) is 4.85. The predicted molar refractivity (Wildman–Crippen MR) is 53.4 cm³/mol. The highest BCUT2D eigenvalue weighted by atomic mass is 79.9. The van der Waals surface area contributed by atoms with Crippen molar-refractivity contribution in [1.29, 1.82) is 0 Å². The Hall–Kier alpha value is -0.0500. The Labute approximate surface area is 82.2 Å². The molecule has 2 unspecified atom stereocenters. The van der Waals surface area contributed by atoms with Crippen molar-refractivity contribution in [2.45, 2.75) is 37.4 Å². The second-order valence-corrected chi connectivity index (χ2v) is 4.54. The number of carbonyl (C=O) groups excluding carboxylic acids is 1. The molecule has 1 saturated carbocycles. The van der Waals surface area contributed by atoms with Crippen molar-refractivity contribution in [1.82, 2.24) is 5.32 Å². The third-order valence-electron chi connectivity index (χ3n) is 2.45. The van der Waals surface area contributed by atoms with E-state index in [1.165, 1.54) is 19.3 Å². The summed E-state index contributed by atoms with van der Waals surface area (Å²) in [4.78, 5) is 11.6. The summed E-state index contributed by atoms with van der Waals surface area (Å²) in [6.07, 6.45) is 4.40. The van der Waals surface area contributed by atoms with E-state index in [1.54, 1.807) is 0 Å². The van der Waals surface area contributed by atoms with Crippen molar-refractivity contribution in [3.63, 3.8) is 0 Å². The van der Waals surface area contributed by atoms with Crippen LogP contribution in [0, 0.1) is 5.92 Å². The van der Waals surface area contributed by atoms with Gasteiger partial charge in [-0.15, -0.1) is 0 Å². The quantitative estimate of drug-likeness (QED) is 0.744. The molecule has 0 spiro atoms. The fraction of sp³-hybridized carbons (Fsp3) is 0.889. The van der Waals surface area contributed by atoms with Crippen LogP contribution in [0.4, 0.5) is 0 Å². The van der Waals surface area contributed by atoms with Gasteiger partial charge in [0.2, 0.25) is 5.91 Å². The van der Waals surface area contributed by atoms with Gasteiger partial charge in [0.25, 0.3) is 0 Å². The molecule has 0 heterocycles. The second-order valence-electron chi connectivity index (χ2n) is 3.36. The molecule has 3 heteroatoms. The summed E-state index contributed by atoms with van der Waals surface area (Å²) in [5.74, 6) is 0.821. The highest BCUT2D eigenvalue weighted by Gasteiger charge is 2.24. The molecule has 1 fully saturated rings. The summed E-state index contributed by atoms with van der Waals surface area (Å²) in [6, 6.07) is 0. The lowest BCUT2D eigenvalue weighted by Gasteiger charge is -2.13. The van der Waals surface area contributed by atoms with E-state index in [2.05, 4.69) is 21.2 Å². The summed E-state index contributed by atoms with van der Waals surface area (Å²) in [5.41, 5.74) is 0. The number of amides is 1. The molecule has 1 amide bonds. The normalized spacial score (nSPS) is 28.8. The molecule has 0 bridgehead atoms. The first-order chi connectivity index (χ1) is 5.74. The van der Waals surface area contributed by atoms with Crippen molar-refractivity contribution in [3.8, 4) is 0 Å². The van der Waals surface area contributed by atoms with Crippen LogP contribution in [0.3, 0.4) is 0 Å². The van der Waals surface area contributed by atoms with Gasteiger partial charge in [0.1, 0.15) is 0 Å². The maximum absolute atomic E-state index is 10.9. The van der Waals surface area contributed by atoms with Gasteiger partial charge in [-0.25, -0.2) is 0 Å². The number of halogens is 1. The fourth-order valence-corrected chi connectivity index (χ4v) is 2.37. The molecule has 0 saturated heterocycles. The largest absolute Gasteiger partial charge is 0.356 e. The monoisotopic (exact) mass is 233 g/mol. The summed E-state index contributed by atoms with van der Waals surface area (Å²) in [5, 5.41) is 2.94. The lowest BCUT2D eigenvalue weighted by molar-refractivity contribution is -0.120. The molecular formula is C9H16BrNO. The van der Waals surface area contributed by atoms with Crippen molar-refractivity contribution in [2.24, 2.45) is 5.92 Å². The summed E-state index contributed by atoms with van der Waals surface area (Å²) in [7, 11) is 0. The van der Waals surface area contributed by atoms with E-state index in [0.29, 0.717) is 17.2 Å². The molecule has 2 atom stereocenters. The standard InChI is InChI=1S/C9H16BrNO/c1-2-9(12)11-6-7-4-3-5-8(7)10/h7-8H,2-6H2,1H3,(H,11,12). The van der Waals surface area contributed by atoms with Gasteiger partial charge in [-0.3, -0.25) is 4.79 Å². The molecule has 2 nitrogen and oxygen atoms in total. The zero-order valence-electron chi connectivity index (χ0n) is 7.48. The summed E-state index contributed by atoms with van der Waals surface area (Å²) < 4.78 is 0. The van der Waals surface area contributed by atoms with Gasteiger partial charge >= 0.3 is 0 Å². The Bertz CT molecular complexity index is 161. The van der Waals surface area contributed by atoms with Crippen LogP contribution in [0.15, 0.2) is 0 Å². The fourth-order valence-electron chi connectivity index (χ4n) is 1.59. The molecule has 0 aromatic carbocycles. The topological polar surface area (TPSA) is 29.1 Å². The molecule has 0 aliphatic heterocycles. The summed E-state index contributed by atoms with van der Waals surface area (Å²) >= 11 is 3.63. The molecule has 1 aliphatic rings. The number of carbonyl (C=O) groups is 1. The van der Waals surface area contributed by atoms with Crippen molar-refractivity contribution >= 4 is 21.8 Å². The van der Waals surface area contributed by atoms with Crippen LogP contribution < -0.4 is 5.32 Å². The van der Waals surface area contributed by atoms with Gasteiger partial charge in [-0.05, 0) is 18.8 Å². The maximum Gasteiger partial charge on any atom is 0.219 e. The number of hydrogen-bond acceptors (Lipinski definition) is 1. The Kier molecular flexibility index (Phi) is 4.06. The first-order valence-corrected chi connectivity index (χ1v) is 5.56. The average molecular weight is 234 g/mol. The Balaban J connectivity index is 2.18. The van der Waals surface area contributed by atoms with Gasteiger partial charge in [0.05, 0.1) is 0 Å². The third-order valence-corrected chi connectivity index (χ3v) is 3.65. The Morgan fingerprint density at radius 1 is 1.58 bits per heavy atom. The minimum Gasteiger partial charge on any atom is -0.356 e. The number of nitrogens with one attached hydrogen (secondary N) is 1. The SMILES string of the molecule is CCC(=O)NCC1CCCC1Br. The molecule has 0 aromatic heterocycles. The van der Waals surface area contributed by atoms with E-state index in [-0.39, 0.29) is 5.91 Å². The smallest absolute Gasteiger partial charge is 0.219 e. The molecule has 0 radical (unpaired) electrons. The van der Waals surface area contributed by atoms with Gasteiger partial charge in [-0.1, -0.05) is 29.3 Å². The summed E-state index contributed by atoms with van der Waals surface area (Å²) in [6.45, 7) is 2.73. The molecule has 1 N–H and O–H groups in total. The van der Waals surface area contributed by atoms with E-state index in [0.717, 1.165) is 6.54 Å². The van der Waals surface area contributed by atoms with Crippen molar-refractivity contribution in [3.05, 3.63) is 0 Å². The molecule has 12 heavy (non-hydrogen) atoms. The van der Waals surface area contributed by atoms with Gasteiger partial charge in [0, 0.05) is 17.8 Å². The van der Waals surface area contributed by atoms with Crippen LogP contribution in [0.25, 0.3) is 0 Å². The Morgan fingerprint density at radius 2 is 2.33 bits per heavy atom. The molecule has 70 valence electrons. The lowest BCUT2D eigenvalue weighted by Crippen LogP contribution is -2.30. The van der Waals surface area contributed by atoms with Gasteiger partial charge in [-0.2, -0.15) is 0 Å². The van der Waals surface area contributed by atoms with Crippen LogP contribution >= 0.6 is 15.9 Å². The zero-order chi connectivity index (χ0) is 8.97.